The van der Waals surface area contributed by atoms with Crippen molar-refractivity contribution in [2.45, 2.75) is 26.4 Å². The van der Waals surface area contributed by atoms with E-state index in [0.717, 1.165) is 0 Å². The molecule has 0 bridgehead atoms. The molecule has 0 fully saturated rings. The fourth-order valence-corrected chi connectivity index (χ4v) is 0. The van der Waals surface area contributed by atoms with Gasteiger partial charge in [0.05, 0.1) is 6.61 Å². The number of hydrogen-bond acceptors (Lipinski definition) is 4. The Hall–Kier alpha value is -0.330. The molecule has 6 heteroatoms. The fourth-order valence-electron chi connectivity index (χ4n) is 0. The van der Waals surface area contributed by atoms with Gasteiger partial charge in [0.25, 0.3) is 0 Å². The quantitative estimate of drug-likeness (QED) is 0.630. The van der Waals surface area contributed by atoms with Gasteiger partial charge in [-0.1, -0.05) is 0 Å². The maximum atomic E-state index is 11.9. The molecule has 0 saturated heterocycles. The summed E-state index contributed by atoms with van der Waals surface area (Å²) < 4.78 is 28.5. The summed E-state index contributed by atoms with van der Waals surface area (Å²) in [6, 6.07) is 0. The Morgan fingerprint density at radius 1 is 1.33 bits per heavy atom. The van der Waals surface area contributed by atoms with Crippen molar-refractivity contribution in [3.8, 4) is 0 Å². The lowest BCUT2D eigenvalue weighted by Gasteiger charge is -2.06. The van der Waals surface area contributed by atoms with Crippen LogP contribution in [0.5, 0.6) is 0 Å². The van der Waals surface area contributed by atoms with Crippen molar-refractivity contribution in [1.82, 2.24) is 0 Å². The summed E-state index contributed by atoms with van der Waals surface area (Å²) in [6.07, 6.45) is 0. The van der Waals surface area contributed by atoms with E-state index in [4.69, 9.17) is 18.6 Å². The number of rotatable bonds is 1. The minimum Gasteiger partial charge on any atom is -0.397 e. The van der Waals surface area contributed by atoms with Crippen LogP contribution < -0.4 is 0 Å². The van der Waals surface area contributed by atoms with Crippen LogP contribution in [-0.2, 0) is 11.6 Å². The summed E-state index contributed by atoms with van der Waals surface area (Å²) in [4.78, 5) is 0. The molecule has 0 saturated carbocycles. The van der Waals surface area contributed by atoms with Crippen molar-refractivity contribution in [3.63, 3.8) is 0 Å². The lowest BCUT2D eigenvalue weighted by molar-refractivity contribution is 0.106. The molecule has 12 heavy (non-hydrogen) atoms. The van der Waals surface area contributed by atoms with Crippen LogP contribution in [-0.4, -0.2) is 37.5 Å². The Bertz CT molecular complexity index is 107. The van der Waals surface area contributed by atoms with Gasteiger partial charge in [0.2, 0.25) is 0 Å². The fraction of sp³-hybridized carbons (Fsp3) is 1.00. The second-order valence-electron chi connectivity index (χ2n) is 2.26. The predicted molar refractivity (Wildman–Crippen MR) is 44.0 cm³/mol. The number of hydrogen-bond donors (Lipinski definition) is 2. The molecule has 0 aromatic carbocycles. The first-order chi connectivity index (χ1) is 5.39. The van der Waals surface area contributed by atoms with E-state index >= 15 is 0 Å². The normalized spacial score (nSPS) is 8.50. The van der Waals surface area contributed by atoms with E-state index in [1.54, 1.807) is 6.92 Å². The molecule has 0 aliphatic rings. The Balaban J connectivity index is -0.000000115. The van der Waals surface area contributed by atoms with Crippen molar-refractivity contribution in [3.05, 3.63) is 0 Å². The zero-order valence-electron chi connectivity index (χ0n) is 7.41. The van der Waals surface area contributed by atoms with Crippen LogP contribution in [0.25, 0.3) is 0 Å². The lowest BCUT2D eigenvalue weighted by Crippen LogP contribution is -2.16. The van der Waals surface area contributed by atoms with Crippen molar-refractivity contribution < 1.29 is 23.0 Å². The van der Waals surface area contributed by atoms with Gasteiger partial charge in [-0.05, 0) is 20.8 Å². The Labute approximate surface area is 75.0 Å². The highest BCUT2D eigenvalue weighted by molar-refractivity contribution is 7.51. The Kier molecular flexibility index (Phi) is 19.6. The Morgan fingerprint density at radius 2 is 1.42 bits per heavy atom. The average Bonchev–Trinajstić information content (AvgIpc) is 1.90. The summed E-state index contributed by atoms with van der Waals surface area (Å²) in [5.74, 6) is 0. The lowest BCUT2D eigenvalue weighted by atomic mass is 10.2. The maximum absolute atomic E-state index is 11.9. The standard InChI is InChI=1S/C4H9FO.C2H6O.O2S/c1-4(2,5)3-6;1-2-3;1-3-2/h6H,3H2,1-2H3;3H,2H2,1H3;. The number of halogens is 1. The molecule has 0 spiro atoms. The van der Waals surface area contributed by atoms with Crippen LogP contribution in [0, 0.1) is 0 Å². The van der Waals surface area contributed by atoms with E-state index in [1.807, 2.05) is 0 Å². The topological polar surface area (TPSA) is 74.6 Å². The minimum absolute atomic E-state index is 0.250. The Morgan fingerprint density at radius 3 is 1.42 bits per heavy atom. The van der Waals surface area contributed by atoms with Gasteiger partial charge in [0.1, 0.15) is 5.67 Å². The van der Waals surface area contributed by atoms with Crippen molar-refractivity contribution in [1.29, 1.82) is 0 Å². The summed E-state index contributed by atoms with van der Waals surface area (Å²) in [5.41, 5.74) is -1.40. The van der Waals surface area contributed by atoms with Crippen LogP contribution in [0.4, 0.5) is 4.39 Å². The van der Waals surface area contributed by atoms with Gasteiger partial charge in [0.15, 0.2) is 0 Å². The van der Waals surface area contributed by atoms with Crippen molar-refractivity contribution >= 4 is 11.6 Å². The summed E-state index contributed by atoms with van der Waals surface area (Å²) >= 11 is -0.750. The first-order valence-corrected chi connectivity index (χ1v) is 3.88. The second kappa shape index (κ2) is 13.3. The van der Waals surface area contributed by atoms with Crippen LogP contribution in [0.2, 0.25) is 0 Å². The smallest absolute Gasteiger partial charge is 0.335 e. The van der Waals surface area contributed by atoms with Crippen LogP contribution in [0.3, 0.4) is 0 Å². The predicted octanol–water partition coefficient (Wildman–Crippen LogP) is 0.0552. The highest BCUT2D eigenvalue weighted by Crippen LogP contribution is 2.03. The molecule has 0 aliphatic carbocycles. The molecule has 4 nitrogen and oxygen atoms in total. The van der Waals surface area contributed by atoms with Gasteiger partial charge < -0.3 is 10.2 Å². The van der Waals surface area contributed by atoms with Gasteiger partial charge in [-0.2, -0.15) is 8.42 Å². The number of aliphatic hydroxyl groups excluding tert-OH is 2. The van der Waals surface area contributed by atoms with Crippen LogP contribution in [0.1, 0.15) is 20.8 Å². The molecule has 0 aliphatic heterocycles. The summed E-state index contributed by atoms with van der Waals surface area (Å²) in [7, 11) is 0. The molecule has 0 aromatic heterocycles. The van der Waals surface area contributed by atoms with Gasteiger partial charge in [-0.15, -0.1) is 0 Å². The molecule has 0 rings (SSSR count). The van der Waals surface area contributed by atoms with Gasteiger partial charge in [0, 0.05) is 6.61 Å². The van der Waals surface area contributed by atoms with Gasteiger partial charge >= 0.3 is 11.6 Å². The van der Waals surface area contributed by atoms with Crippen molar-refractivity contribution in [2.24, 2.45) is 0 Å². The number of alkyl halides is 1. The summed E-state index contributed by atoms with van der Waals surface area (Å²) in [6.45, 7) is 4.19. The van der Waals surface area contributed by atoms with E-state index in [-0.39, 0.29) is 6.61 Å². The molecule has 0 unspecified atom stereocenters. The molecule has 0 atom stereocenters. The van der Waals surface area contributed by atoms with E-state index in [0.29, 0.717) is 0 Å². The molecular weight excluding hydrogens is 187 g/mol. The summed E-state index contributed by atoms with van der Waals surface area (Å²) in [5, 5.41) is 15.6. The zero-order valence-corrected chi connectivity index (χ0v) is 8.23. The first-order valence-electron chi connectivity index (χ1n) is 3.22. The average molecular weight is 202 g/mol. The SMILES string of the molecule is CC(C)(F)CO.CCO.O=S=O. The van der Waals surface area contributed by atoms with E-state index in [1.165, 1.54) is 13.8 Å². The highest BCUT2D eigenvalue weighted by Gasteiger charge is 2.11. The third-order valence-corrected chi connectivity index (χ3v) is 0.376. The minimum atomic E-state index is -1.40. The van der Waals surface area contributed by atoms with Crippen molar-refractivity contribution in [2.75, 3.05) is 13.2 Å². The van der Waals surface area contributed by atoms with Crippen LogP contribution in [0.15, 0.2) is 0 Å². The molecule has 0 amide bonds. The molecular formula is C6H15FO4S. The van der Waals surface area contributed by atoms with E-state index in [2.05, 4.69) is 0 Å². The van der Waals surface area contributed by atoms with E-state index < -0.39 is 23.8 Å². The molecule has 0 radical (unpaired) electrons. The van der Waals surface area contributed by atoms with Gasteiger partial charge in [-0.25, -0.2) is 4.39 Å². The maximum Gasteiger partial charge on any atom is 0.335 e. The third kappa shape index (κ3) is 102. The number of aliphatic hydroxyl groups is 2. The third-order valence-electron chi connectivity index (χ3n) is 0.376. The molecule has 76 valence electrons. The van der Waals surface area contributed by atoms with E-state index in [9.17, 15) is 4.39 Å². The zero-order chi connectivity index (χ0) is 10.6. The van der Waals surface area contributed by atoms with Gasteiger partial charge in [-0.3, -0.25) is 0 Å². The molecule has 0 heterocycles. The monoisotopic (exact) mass is 202 g/mol. The van der Waals surface area contributed by atoms with Crippen LogP contribution >= 0.6 is 0 Å². The highest BCUT2D eigenvalue weighted by atomic mass is 32.1. The molecule has 2 N–H and O–H groups in total. The largest absolute Gasteiger partial charge is 0.397 e. The second-order valence-corrected chi connectivity index (χ2v) is 2.40. The molecule has 0 aromatic rings. The first kappa shape index (κ1) is 17.7.